The summed E-state index contributed by atoms with van der Waals surface area (Å²) in [7, 11) is 3.14. The summed E-state index contributed by atoms with van der Waals surface area (Å²) in [6, 6.07) is 24.5. The molecule has 0 fully saturated rings. The van der Waals surface area contributed by atoms with E-state index in [2.05, 4.69) is 20.6 Å². The molecule has 0 aliphatic rings. The third kappa shape index (κ3) is 6.41. The van der Waals surface area contributed by atoms with Gasteiger partial charge in [-0.25, -0.2) is 0 Å². The molecule has 0 atom stereocenters. The highest BCUT2D eigenvalue weighted by atomic mass is 16.5. The monoisotopic (exact) mass is 553 g/mol. The van der Waals surface area contributed by atoms with Gasteiger partial charge in [-0.15, -0.1) is 15.3 Å². The average Bonchev–Trinajstić information content (AvgIpc) is 3.45. The number of aromatic nitrogens is 4. The van der Waals surface area contributed by atoms with E-state index in [1.165, 1.54) is 0 Å². The normalized spacial score (nSPS) is 10.7. The Hall–Kier alpha value is -5.45. The quantitative estimate of drug-likeness (QED) is 0.182. The van der Waals surface area contributed by atoms with Crippen molar-refractivity contribution in [2.45, 2.75) is 0 Å². The molecule has 1 amide bonds. The van der Waals surface area contributed by atoms with Crippen molar-refractivity contribution in [3.8, 4) is 34.5 Å². The van der Waals surface area contributed by atoms with Gasteiger partial charge in [0.15, 0.2) is 23.9 Å². The summed E-state index contributed by atoms with van der Waals surface area (Å²) in [5, 5.41) is 15.6. The highest BCUT2D eigenvalue weighted by molar-refractivity contribution is 6.09. The number of amides is 1. The third-order valence-corrected chi connectivity index (χ3v) is 6.08. The molecule has 0 saturated heterocycles. The number of hydrogen-bond donors (Lipinski definition) is 1. The van der Waals surface area contributed by atoms with Crippen molar-refractivity contribution < 1.29 is 28.5 Å². The Balaban J connectivity index is 1.11. The molecule has 0 radical (unpaired) electrons. The molecular formula is C30H27N5O6. The first-order valence-corrected chi connectivity index (χ1v) is 12.7. The van der Waals surface area contributed by atoms with Gasteiger partial charge in [-0.3, -0.25) is 9.59 Å². The number of carbonyl (C=O) groups excluding carboxylic acids is 2. The minimum atomic E-state index is -0.311. The van der Waals surface area contributed by atoms with E-state index in [0.717, 1.165) is 0 Å². The predicted molar refractivity (Wildman–Crippen MR) is 150 cm³/mol. The molecule has 5 rings (SSSR count). The zero-order chi connectivity index (χ0) is 28.6. The molecule has 0 unspecified atom stereocenters. The summed E-state index contributed by atoms with van der Waals surface area (Å²) in [4.78, 5) is 24.7. The van der Waals surface area contributed by atoms with Gasteiger partial charge in [0.1, 0.15) is 23.9 Å². The van der Waals surface area contributed by atoms with Crippen molar-refractivity contribution in [1.82, 2.24) is 25.1 Å². The van der Waals surface area contributed by atoms with Crippen molar-refractivity contribution in [2.75, 3.05) is 34.0 Å². The summed E-state index contributed by atoms with van der Waals surface area (Å²) in [6.07, 6.45) is 0. The van der Waals surface area contributed by atoms with Crippen molar-refractivity contribution in [3.63, 3.8) is 0 Å². The maximum absolute atomic E-state index is 12.5. The SMILES string of the molecule is COc1ccc(-c2nnc3ccc(OCCNC(=O)COc4ccc(C(=O)c5ccccc5)cc4)nn23)c(OC)c1. The number of nitrogens with zero attached hydrogens (tertiary/aromatic N) is 4. The second-order valence-corrected chi connectivity index (χ2v) is 8.74. The Morgan fingerprint density at radius 2 is 1.56 bits per heavy atom. The zero-order valence-corrected chi connectivity index (χ0v) is 22.4. The molecule has 0 aliphatic heterocycles. The van der Waals surface area contributed by atoms with Gasteiger partial charge in [0.25, 0.3) is 5.91 Å². The number of nitrogens with one attached hydrogen (secondary N) is 1. The molecular weight excluding hydrogens is 526 g/mol. The number of hydrogen-bond acceptors (Lipinski definition) is 9. The number of ether oxygens (including phenoxy) is 4. The van der Waals surface area contributed by atoms with Crippen LogP contribution in [0.5, 0.6) is 23.1 Å². The van der Waals surface area contributed by atoms with Gasteiger partial charge in [-0.1, -0.05) is 30.3 Å². The van der Waals surface area contributed by atoms with Crippen molar-refractivity contribution in [1.29, 1.82) is 0 Å². The second-order valence-electron chi connectivity index (χ2n) is 8.74. The lowest BCUT2D eigenvalue weighted by Gasteiger charge is -2.10. The Kier molecular flexibility index (Phi) is 8.34. The van der Waals surface area contributed by atoms with Crippen LogP contribution in [0.15, 0.2) is 84.9 Å². The predicted octanol–water partition coefficient (Wildman–Crippen LogP) is 3.61. The van der Waals surface area contributed by atoms with Gasteiger partial charge in [-0.05, 0) is 42.5 Å². The van der Waals surface area contributed by atoms with Gasteiger partial charge >= 0.3 is 0 Å². The van der Waals surface area contributed by atoms with Crippen LogP contribution in [0.3, 0.4) is 0 Å². The number of rotatable bonds is 12. The summed E-state index contributed by atoms with van der Waals surface area (Å²) in [5.74, 6) is 2.12. The average molecular weight is 554 g/mol. The molecule has 0 bridgehead atoms. The number of carbonyl (C=O) groups is 2. The molecule has 2 aromatic heterocycles. The zero-order valence-electron chi connectivity index (χ0n) is 22.4. The van der Waals surface area contributed by atoms with Crippen LogP contribution in [-0.4, -0.2) is 65.5 Å². The third-order valence-electron chi connectivity index (χ3n) is 6.08. The van der Waals surface area contributed by atoms with Crippen molar-refractivity contribution >= 4 is 17.3 Å². The topological polar surface area (TPSA) is 126 Å². The summed E-state index contributed by atoms with van der Waals surface area (Å²) in [5.41, 5.74) is 2.37. The summed E-state index contributed by atoms with van der Waals surface area (Å²) in [6.45, 7) is 0.252. The van der Waals surface area contributed by atoms with Crippen LogP contribution in [0.25, 0.3) is 17.0 Å². The Bertz CT molecular complexity index is 1650. The van der Waals surface area contributed by atoms with Crippen LogP contribution in [0.2, 0.25) is 0 Å². The number of benzene rings is 3. The van der Waals surface area contributed by atoms with Gasteiger partial charge < -0.3 is 24.3 Å². The Morgan fingerprint density at radius 1 is 0.805 bits per heavy atom. The van der Waals surface area contributed by atoms with Gasteiger partial charge in [0.2, 0.25) is 5.88 Å². The van der Waals surface area contributed by atoms with Crippen LogP contribution < -0.4 is 24.3 Å². The van der Waals surface area contributed by atoms with E-state index >= 15 is 0 Å². The number of methoxy groups -OCH3 is 2. The maximum Gasteiger partial charge on any atom is 0.258 e. The van der Waals surface area contributed by atoms with E-state index in [1.54, 1.807) is 79.4 Å². The molecule has 0 spiro atoms. The smallest absolute Gasteiger partial charge is 0.258 e. The Labute approximate surface area is 235 Å². The van der Waals surface area contributed by atoms with E-state index in [9.17, 15) is 9.59 Å². The summed E-state index contributed by atoms with van der Waals surface area (Å²) >= 11 is 0. The molecule has 41 heavy (non-hydrogen) atoms. The minimum Gasteiger partial charge on any atom is -0.497 e. The molecule has 5 aromatic rings. The molecule has 11 heteroatoms. The van der Waals surface area contributed by atoms with Crippen molar-refractivity contribution in [2.24, 2.45) is 0 Å². The molecule has 2 heterocycles. The standard InChI is InChI=1S/C30H27N5O6/c1-38-23-12-13-24(25(18-23)39-2)30-33-32-26-14-15-28(34-35(26)30)40-17-16-31-27(36)19-41-22-10-8-21(9-11-22)29(37)20-6-4-3-5-7-20/h3-15,18H,16-17,19H2,1-2H3,(H,31,36). The van der Waals surface area contributed by atoms with E-state index in [-0.39, 0.29) is 31.4 Å². The molecule has 11 nitrogen and oxygen atoms in total. The largest absolute Gasteiger partial charge is 0.497 e. The highest BCUT2D eigenvalue weighted by Crippen LogP contribution is 2.32. The molecule has 0 saturated carbocycles. The minimum absolute atomic E-state index is 0.0792. The lowest BCUT2D eigenvalue weighted by atomic mass is 10.0. The van der Waals surface area contributed by atoms with E-state index < -0.39 is 0 Å². The fourth-order valence-corrected chi connectivity index (χ4v) is 4.00. The van der Waals surface area contributed by atoms with Gasteiger partial charge in [0.05, 0.1) is 26.3 Å². The Morgan fingerprint density at radius 3 is 2.32 bits per heavy atom. The summed E-state index contributed by atoms with van der Waals surface area (Å²) < 4.78 is 23.6. The van der Waals surface area contributed by atoms with Gasteiger partial charge in [0, 0.05) is 23.3 Å². The highest BCUT2D eigenvalue weighted by Gasteiger charge is 2.16. The first-order valence-electron chi connectivity index (χ1n) is 12.7. The van der Waals surface area contributed by atoms with Crippen molar-refractivity contribution in [3.05, 3.63) is 96.1 Å². The number of fused-ring (bicyclic) bond motifs is 1. The molecule has 0 aliphatic carbocycles. The second kappa shape index (κ2) is 12.6. The lowest BCUT2D eigenvalue weighted by Crippen LogP contribution is -2.32. The van der Waals surface area contributed by atoms with E-state index in [4.69, 9.17) is 18.9 Å². The first kappa shape index (κ1) is 27.1. The maximum atomic E-state index is 12.5. The fraction of sp³-hybridized carbons (Fsp3) is 0.167. The van der Waals surface area contributed by atoms with E-state index in [1.807, 2.05) is 24.3 Å². The van der Waals surface area contributed by atoms with Crippen LogP contribution in [0.1, 0.15) is 15.9 Å². The van der Waals surface area contributed by atoms with Crippen LogP contribution >= 0.6 is 0 Å². The fourth-order valence-electron chi connectivity index (χ4n) is 4.00. The first-order chi connectivity index (χ1) is 20.1. The lowest BCUT2D eigenvalue weighted by molar-refractivity contribution is -0.123. The molecule has 208 valence electrons. The van der Waals surface area contributed by atoms with Gasteiger partial charge in [-0.2, -0.15) is 4.52 Å². The van der Waals surface area contributed by atoms with Crippen LogP contribution in [0, 0.1) is 0 Å². The van der Waals surface area contributed by atoms with Crippen LogP contribution in [-0.2, 0) is 4.79 Å². The van der Waals surface area contributed by atoms with E-state index in [0.29, 0.717) is 51.3 Å². The number of ketones is 1. The molecule has 1 N–H and O–H groups in total. The molecule has 3 aromatic carbocycles. The van der Waals surface area contributed by atoms with Crippen LogP contribution in [0.4, 0.5) is 0 Å².